The number of fused-ring (bicyclic) bond motifs is 1. The predicted molar refractivity (Wildman–Crippen MR) is 122 cm³/mol. The number of halogens is 1. The topological polar surface area (TPSA) is 64.2 Å². The molecule has 3 aromatic heterocycles. The third kappa shape index (κ3) is 3.95. The second kappa shape index (κ2) is 8.19. The van der Waals surface area contributed by atoms with Crippen LogP contribution in [0.4, 0.5) is 0 Å². The van der Waals surface area contributed by atoms with E-state index in [1.54, 1.807) is 18.1 Å². The Hall–Kier alpha value is -3.12. The fourth-order valence-corrected chi connectivity index (χ4v) is 3.95. The van der Waals surface area contributed by atoms with Gasteiger partial charge >= 0.3 is 0 Å². The SMILES string of the molecule is Cc1cc(-c2cc(C(=O)N(C)Cc3ccccc3Cl)c3cnn(C(C)C)c3n2)c(C)o1. The van der Waals surface area contributed by atoms with Gasteiger partial charge in [-0.05, 0) is 51.5 Å². The van der Waals surface area contributed by atoms with E-state index in [1.807, 2.05) is 68.8 Å². The molecule has 4 aromatic rings. The first kappa shape index (κ1) is 21.1. The summed E-state index contributed by atoms with van der Waals surface area (Å²) in [5, 5.41) is 5.86. The quantitative estimate of drug-likeness (QED) is 0.395. The molecule has 6 nitrogen and oxygen atoms in total. The molecule has 0 atom stereocenters. The van der Waals surface area contributed by atoms with Gasteiger partial charge in [0.15, 0.2) is 5.65 Å². The highest BCUT2D eigenvalue weighted by Gasteiger charge is 2.22. The third-order valence-corrected chi connectivity index (χ3v) is 5.68. The lowest BCUT2D eigenvalue weighted by Gasteiger charge is -2.19. The van der Waals surface area contributed by atoms with Gasteiger partial charge in [0, 0.05) is 30.2 Å². The molecule has 0 bridgehead atoms. The van der Waals surface area contributed by atoms with Crippen molar-refractivity contribution in [2.75, 3.05) is 7.05 Å². The van der Waals surface area contributed by atoms with Crippen molar-refractivity contribution in [3.05, 3.63) is 70.3 Å². The summed E-state index contributed by atoms with van der Waals surface area (Å²) in [6, 6.07) is 11.4. The Morgan fingerprint density at radius 1 is 1.23 bits per heavy atom. The van der Waals surface area contributed by atoms with E-state index in [1.165, 1.54) is 0 Å². The van der Waals surface area contributed by atoms with Crippen LogP contribution >= 0.6 is 11.6 Å². The van der Waals surface area contributed by atoms with Gasteiger partial charge in [-0.25, -0.2) is 9.67 Å². The number of hydrogen-bond acceptors (Lipinski definition) is 4. The molecule has 0 aliphatic heterocycles. The zero-order valence-corrected chi connectivity index (χ0v) is 19.1. The fraction of sp³-hybridized carbons (Fsp3) is 0.292. The minimum atomic E-state index is -0.116. The zero-order chi connectivity index (χ0) is 22.3. The standard InChI is InChI=1S/C24H25ClN4O2/c1-14(2)29-23-20(12-26-29)19(11-22(27-23)18-10-15(3)31-16(18)4)24(30)28(5)13-17-8-6-7-9-21(17)25/h6-12,14H,13H2,1-5H3. The molecular weight excluding hydrogens is 412 g/mol. The highest BCUT2D eigenvalue weighted by molar-refractivity contribution is 6.31. The molecule has 7 heteroatoms. The molecule has 31 heavy (non-hydrogen) atoms. The van der Waals surface area contributed by atoms with Crippen LogP contribution in [0.1, 0.15) is 47.3 Å². The van der Waals surface area contributed by atoms with E-state index in [0.717, 1.165) is 28.0 Å². The maximum Gasteiger partial charge on any atom is 0.254 e. The molecule has 3 heterocycles. The molecule has 1 amide bonds. The van der Waals surface area contributed by atoms with Crippen LogP contribution in [-0.4, -0.2) is 32.6 Å². The van der Waals surface area contributed by atoms with E-state index in [0.29, 0.717) is 28.5 Å². The van der Waals surface area contributed by atoms with Crippen LogP contribution in [0.5, 0.6) is 0 Å². The molecule has 0 spiro atoms. The van der Waals surface area contributed by atoms with E-state index >= 15 is 0 Å². The molecule has 0 N–H and O–H groups in total. The number of benzene rings is 1. The van der Waals surface area contributed by atoms with Gasteiger partial charge in [0.05, 0.1) is 22.8 Å². The monoisotopic (exact) mass is 436 g/mol. The van der Waals surface area contributed by atoms with Gasteiger partial charge in [0.1, 0.15) is 11.5 Å². The smallest absolute Gasteiger partial charge is 0.254 e. The fourth-order valence-electron chi connectivity index (χ4n) is 3.76. The van der Waals surface area contributed by atoms with Gasteiger partial charge in [-0.3, -0.25) is 4.79 Å². The number of hydrogen-bond donors (Lipinski definition) is 0. The highest BCUT2D eigenvalue weighted by Crippen LogP contribution is 2.31. The molecule has 4 rings (SSSR count). The summed E-state index contributed by atoms with van der Waals surface area (Å²) >= 11 is 6.31. The number of amides is 1. The molecular formula is C24H25ClN4O2. The van der Waals surface area contributed by atoms with Crippen LogP contribution < -0.4 is 0 Å². The number of aromatic nitrogens is 3. The lowest BCUT2D eigenvalue weighted by Crippen LogP contribution is -2.26. The largest absolute Gasteiger partial charge is 0.466 e. The summed E-state index contributed by atoms with van der Waals surface area (Å²) in [6.45, 7) is 8.29. The van der Waals surface area contributed by atoms with E-state index in [2.05, 4.69) is 5.10 Å². The molecule has 0 aliphatic carbocycles. The van der Waals surface area contributed by atoms with Gasteiger partial charge in [-0.15, -0.1) is 0 Å². The van der Waals surface area contributed by atoms with Crippen molar-refractivity contribution in [2.24, 2.45) is 0 Å². The Labute approximate surface area is 186 Å². The molecule has 0 radical (unpaired) electrons. The Kier molecular flexibility index (Phi) is 5.58. The number of carbonyl (C=O) groups is 1. The average Bonchev–Trinajstić information content (AvgIpc) is 3.30. The number of pyridine rings is 1. The minimum absolute atomic E-state index is 0.108. The van der Waals surface area contributed by atoms with Gasteiger partial charge < -0.3 is 9.32 Å². The van der Waals surface area contributed by atoms with Gasteiger partial charge in [0.25, 0.3) is 5.91 Å². The third-order valence-electron chi connectivity index (χ3n) is 5.32. The summed E-state index contributed by atoms with van der Waals surface area (Å²) in [4.78, 5) is 20.0. The maximum atomic E-state index is 13.5. The van der Waals surface area contributed by atoms with Crippen molar-refractivity contribution in [3.8, 4) is 11.3 Å². The number of furan rings is 1. The number of aryl methyl sites for hydroxylation is 2. The van der Waals surface area contributed by atoms with Crippen LogP contribution in [0.25, 0.3) is 22.3 Å². The molecule has 0 fully saturated rings. The molecule has 0 aliphatic rings. The van der Waals surface area contributed by atoms with Crippen LogP contribution in [0, 0.1) is 13.8 Å². The van der Waals surface area contributed by atoms with Crippen molar-refractivity contribution in [3.63, 3.8) is 0 Å². The lowest BCUT2D eigenvalue weighted by atomic mass is 10.1. The Bertz CT molecular complexity index is 1270. The van der Waals surface area contributed by atoms with Crippen LogP contribution in [0.3, 0.4) is 0 Å². The van der Waals surface area contributed by atoms with E-state index < -0.39 is 0 Å². The minimum Gasteiger partial charge on any atom is -0.466 e. The summed E-state index contributed by atoms with van der Waals surface area (Å²) in [6.07, 6.45) is 1.72. The molecule has 0 saturated heterocycles. The van der Waals surface area contributed by atoms with Crippen LogP contribution in [-0.2, 0) is 6.54 Å². The van der Waals surface area contributed by atoms with Crippen molar-refractivity contribution in [1.29, 1.82) is 0 Å². The zero-order valence-electron chi connectivity index (χ0n) is 18.3. The first-order chi connectivity index (χ1) is 14.8. The van der Waals surface area contributed by atoms with Gasteiger partial charge in [0.2, 0.25) is 0 Å². The Morgan fingerprint density at radius 2 is 1.97 bits per heavy atom. The normalized spacial score (nSPS) is 11.5. The van der Waals surface area contributed by atoms with Crippen LogP contribution in [0.15, 0.2) is 47.0 Å². The molecule has 0 saturated carbocycles. The summed E-state index contributed by atoms with van der Waals surface area (Å²) in [7, 11) is 1.78. The first-order valence-corrected chi connectivity index (χ1v) is 10.6. The molecule has 1 aromatic carbocycles. The Balaban J connectivity index is 1.83. The second-order valence-electron chi connectivity index (χ2n) is 8.05. The number of carbonyl (C=O) groups excluding carboxylic acids is 1. The lowest BCUT2D eigenvalue weighted by molar-refractivity contribution is 0.0787. The second-order valence-corrected chi connectivity index (χ2v) is 8.46. The number of rotatable bonds is 5. The van der Waals surface area contributed by atoms with Crippen molar-refractivity contribution < 1.29 is 9.21 Å². The molecule has 0 unspecified atom stereocenters. The number of nitrogens with zero attached hydrogens (tertiary/aromatic N) is 4. The summed E-state index contributed by atoms with van der Waals surface area (Å²) < 4.78 is 7.55. The van der Waals surface area contributed by atoms with E-state index in [4.69, 9.17) is 21.0 Å². The maximum absolute atomic E-state index is 13.5. The predicted octanol–water partition coefficient (Wildman–Crippen LogP) is 5.81. The van der Waals surface area contributed by atoms with E-state index in [-0.39, 0.29) is 11.9 Å². The summed E-state index contributed by atoms with van der Waals surface area (Å²) in [5.41, 5.74) is 3.70. The molecule has 160 valence electrons. The summed E-state index contributed by atoms with van der Waals surface area (Å²) in [5.74, 6) is 1.45. The van der Waals surface area contributed by atoms with Crippen molar-refractivity contribution in [2.45, 2.75) is 40.3 Å². The van der Waals surface area contributed by atoms with Crippen molar-refractivity contribution in [1.82, 2.24) is 19.7 Å². The van der Waals surface area contributed by atoms with E-state index in [9.17, 15) is 4.79 Å². The van der Waals surface area contributed by atoms with Gasteiger partial charge in [-0.2, -0.15) is 5.10 Å². The Morgan fingerprint density at radius 3 is 2.61 bits per heavy atom. The highest BCUT2D eigenvalue weighted by atomic mass is 35.5. The first-order valence-electron chi connectivity index (χ1n) is 10.2. The average molecular weight is 437 g/mol. The van der Waals surface area contributed by atoms with Gasteiger partial charge in [-0.1, -0.05) is 29.8 Å². The van der Waals surface area contributed by atoms with Crippen molar-refractivity contribution >= 4 is 28.5 Å². The van der Waals surface area contributed by atoms with Crippen LogP contribution in [0.2, 0.25) is 5.02 Å².